The number of rotatable bonds is 4. The Bertz CT molecular complexity index is 647. The van der Waals surface area contributed by atoms with Gasteiger partial charge in [0.15, 0.2) is 0 Å². The molecule has 1 heterocycles. The summed E-state index contributed by atoms with van der Waals surface area (Å²) in [6.07, 6.45) is 1.17. The van der Waals surface area contributed by atoms with E-state index < -0.39 is 21.5 Å². The Kier molecular flexibility index (Phi) is 4.36. The van der Waals surface area contributed by atoms with Crippen molar-refractivity contribution in [3.63, 3.8) is 0 Å². The first-order valence-electron chi connectivity index (χ1n) is 6.70. The minimum Gasteiger partial charge on any atom is -0.478 e. The first kappa shape index (κ1) is 15.9. The highest BCUT2D eigenvalue weighted by atomic mass is 32.2. The monoisotopic (exact) mass is 313 g/mol. The van der Waals surface area contributed by atoms with Gasteiger partial charge in [-0.15, -0.1) is 0 Å². The predicted octanol–water partition coefficient (Wildman–Crippen LogP) is 1.54. The van der Waals surface area contributed by atoms with E-state index in [9.17, 15) is 13.2 Å². The Hall–Kier alpha value is -1.44. The third kappa shape index (κ3) is 3.42. The fourth-order valence-corrected chi connectivity index (χ4v) is 4.17. The fraction of sp³-hybridized carbons (Fsp3) is 0.500. The lowest BCUT2D eigenvalue weighted by molar-refractivity contribution is 0.0537. The lowest BCUT2D eigenvalue weighted by atomic mass is 9.94. The molecule has 2 N–H and O–H groups in total. The van der Waals surface area contributed by atoms with Gasteiger partial charge in [-0.05, 0) is 44.4 Å². The maximum atomic E-state index is 12.6. The van der Waals surface area contributed by atoms with Gasteiger partial charge in [-0.25, -0.2) is 17.9 Å². The molecule has 0 amide bonds. The standard InChI is InChI=1S/C14H19NO5S/c1-10-11(13(16)17)4-3-5-12(10)21(18,19)15-14(2)6-8-20-9-7-14/h3-5,15H,6-9H2,1-2H3,(H,16,17). The fourth-order valence-electron chi connectivity index (χ4n) is 2.44. The van der Waals surface area contributed by atoms with Crippen molar-refractivity contribution < 1.29 is 23.1 Å². The van der Waals surface area contributed by atoms with Gasteiger partial charge < -0.3 is 9.84 Å². The zero-order valence-corrected chi connectivity index (χ0v) is 12.9. The van der Waals surface area contributed by atoms with E-state index in [0.717, 1.165) is 0 Å². The molecule has 0 atom stereocenters. The molecule has 0 bridgehead atoms. The van der Waals surface area contributed by atoms with Crippen LogP contribution in [0.4, 0.5) is 0 Å². The minimum atomic E-state index is -3.77. The maximum absolute atomic E-state index is 12.6. The smallest absolute Gasteiger partial charge is 0.335 e. The molecule has 0 saturated carbocycles. The Morgan fingerprint density at radius 3 is 2.52 bits per heavy atom. The summed E-state index contributed by atoms with van der Waals surface area (Å²) in [5.74, 6) is -1.14. The number of nitrogens with one attached hydrogen (secondary N) is 1. The zero-order chi connectivity index (χ0) is 15.7. The number of benzene rings is 1. The topological polar surface area (TPSA) is 92.7 Å². The van der Waals surface area contributed by atoms with Crippen LogP contribution in [0, 0.1) is 6.92 Å². The van der Waals surface area contributed by atoms with Crippen molar-refractivity contribution in [1.82, 2.24) is 4.72 Å². The largest absolute Gasteiger partial charge is 0.478 e. The third-order valence-electron chi connectivity index (χ3n) is 3.78. The molecule has 2 rings (SSSR count). The summed E-state index contributed by atoms with van der Waals surface area (Å²) in [6.45, 7) is 4.36. The van der Waals surface area contributed by atoms with Gasteiger partial charge in [0, 0.05) is 18.8 Å². The third-order valence-corrected chi connectivity index (χ3v) is 5.56. The van der Waals surface area contributed by atoms with Crippen molar-refractivity contribution in [1.29, 1.82) is 0 Å². The second-order valence-corrected chi connectivity index (χ2v) is 7.16. The van der Waals surface area contributed by atoms with Crippen LogP contribution in [-0.2, 0) is 14.8 Å². The summed E-state index contributed by atoms with van der Waals surface area (Å²) < 4.78 is 33.1. The predicted molar refractivity (Wildman–Crippen MR) is 76.9 cm³/mol. The van der Waals surface area contributed by atoms with Gasteiger partial charge in [0.2, 0.25) is 10.0 Å². The van der Waals surface area contributed by atoms with Crippen LogP contribution in [0.3, 0.4) is 0 Å². The first-order chi connectivity index (χ1) is 9.75. The van der Waals surface area contributed by atoms with E-state index in [4.69, 9.17) is 9.84 Å². The normalized spacial score (nSPS) is 18.4. The highest BCUT2D eigenvalue weighted by Gasteiger charge is 2.33. The van der Waals surface area contributed by atoms with E-state index in [1.807, 2.05) is 6.92 Å². The number of hydrogen-bond acceptors (Lipinski definition) is 4. The van der Waals surface area contributed by atoms with Crippen LogP contribution in [0.15, 0.2) is 23.1 Å². The van der Waals surface area contributed by atoms with Crippen LogP contribution in [0.2, 0.25) is 0 Å². The molecule has 1 aromatic rings. The molecule has 1 aliphatic rings. The number of carbonyl (C=O) groups is 1. The van der Waals surface area contributed by atoms with Crippen molar-refractivity contribution in [2.45, 2.75) is 37.1 Å². The molecule has 116 valence electrons. The maximum Gasteiger partial charge on any atom is 0.335 e. The first-order valence-corrected chi connectivity index (χ1v) is 8.18. The van der Waals surface area contributed by atoms with E-state index >= 15 is 0 Å². The molecule has 0 spiro atoms. The molecule has 0 aromatic heterocycles. The SMILES string of the molecule is Cc1c(C(=O)O)cccc1S(=O)(=O)NC1(C)CCOCC1. The molecule has 0 aliphatic carbocycles. The van der Waals surface area contributed by atoms with Crippen LogP contribution in [0.1, 0.15) is 35.7 Å². The van der Waals surface area contributed by atoms with Gasteiger partial charge in [0.05, 0.1) is 10.5 Å². The van der Waals surface area contributed by atoms with Gasteiger partial charge in [-0.1, -0.05) is 6.07 Å². The van der Waals surface area contributed by atoms with Crippen LogP contribution < -0.4 is 4.72 Å². The van der Waals surface area contributed by atoms with E-state index in [-0.39, 0.29) is 16.0 Å². The minimum absolute atomic E-state index is 0.00462. The zero-order valence-electron chi connectivity index (χ0n) is 12.0. The molecular weight excluding hydrogens is 294 g/mol. The highest BCUT2D eigenvalue weighted by molar-refractivity contribution is 7.89. The number of sulfonamides is 1. The van der Waals surface area contributed by atoms with Gasteiger partial charge in [0.1, 0.15) is 0 Å². The molecule has 1 fully saturated rings. The molecule has 1 aliphatic heterocycles. The summed E-state index contributed by atoms with van der Waals surface area (Å²) in [5, 5.41) is 9.10. The van der Waals surface area contributed by atoms with Crippen molar-refractivity contribution >= 4 is 16.0 Å². The van der Waals surface area contributed by atoms with Gasteiger partial charge >= 0.3 is 5.97 Å². The average molecular weight is 313 g/mol. The van der Waals surface area contributed by atoms with E-state index in [0.29, 0.717) is 26.1 Å². The van der Waals surface area contributed by atoms with Crippen molar-refractivity contribution in [2.75, 3.05) is 13.2 Å². The molecule has 0 unspecified atom stereocenters. The molecule has 21 heavy (non-hydrogen) atoms. The number of carboxylic acids is 1. The van der Waals surface area contributed by atoms with Crippen molar-refractivity contribution in [3.05, 3.63) is 29.3 Å². The molecule has 1 aromatic carbocycles. The second-order valence-electron chi connectivity index (χ2n) is 5.51. The van der Waals surface area contributed by atoms with E-state index in [1.165, 1.54) is 25.1 Å². The Labute approximate surface area is 124 Å². The Morgan fingerprint density at radius 2 is 1.95 bits per heavy atom. The molecule has 1 saturated heterocycles. The number of hydrogen-bond donors (Lipinski definition) is 2. The number of carboxylic acid groups (broad SMARTS) is 1. The van der Waals surface area contributed by atoms with E-state index in [1.54, 1.807) is 0 Å². The number of aromatic carboxylic acids is 1. The summed E-state index contributed by atoms with van der Waals surface area (Å²) in [5.41, 5.74) is -0.328. The second kappa shape index (κ2) is 5.75. The quantitative estimate of drug-likeness (QED) is 0.879. The summed E-state index contributed by atoms with van der Waals surface area (Å²) in [7, 11) is -3.77. The van der Waals surface area contributed by atoms with Crippen LogP contribution in [0.25, 0.3) is 0 Å². The van der Waals surface area contributed by atoms with Crippen molar-refractivity contribution in [2.24, 2.45) is 0 Å². The molecular formula is C14H19NO5S. The molecule has 7 heteroatoms. The lowest BCUT2D eigenvalue weighted by Gasteiger charge is -2.34. The summed E-state index contributed by atoms with van der Waals surface area (Å²) in [6, 6.07) is 4.26. The van der Waals surface area contributed by atoms with Gasteiger partial charge in [0.25, 0.3) is 0 Å². The number of ether oxygens (including phenoxy) is 1. The van der Waals surface area contributed by atoms with Crippen LogP contribution >= 0.6 is 0 Å². The van der Waals surface area contributed by atoms with Crippen LogP contribution in [-0.4, -0.2) is 38.2 Å². The highest BCUT2D eigenvalue weighted by Crippen LogP contribution is 2.25. The van der Waals surface area contributed by atoms with Crippen LogP contribution in [0.5, 0.6) is 0 Å². The van der Waals surface area contributed by atoms with Crippen molar-refractivity contribution in [3.8, 4) is 0 Å². The summed E-state index contributed by atoms with van der Waals surface area (Å²) in [4.78, 5) is 11.1. The lowest BCUT2D eigenvalue weighted by Crippen LogP contribution is -2.49. The van der Waals surface area contributed by atoms with Gasteiger partial charge in [-0.2, -0.15) is 0 Å². The average Bonchev–Trinajstić information content (AvgIpc) is 2.37. The summed E-state index contributed by atoms with van der Waals surface area (Å²) >= 11 is 0. The van der Waals surface area contributed by atoms with Gasteiger partial charge in [-0.3, -0.25) is 0 Å². The Morgan fingerprint density at radius 1 is 1.33 bits per heavy atom. The van der Waals surface area contributed by atoms with E-state index in [2.05, 4.69) is 4.72 Å². The molecule has 0 radical (unpaired) electrons. The Balaban J connectivity index is 2.36. The molecule has 6 nitrogen and oxygen atoms in total.